The van der Waals surface area contributed by atoms with E-state index in [0.717, 1.165) is 18.7 Å². The summed E-state index contributed by atoms with van der Waals surface area (Å²) in [6.45, 7) is 9.59. The van der Waals surface area contributed by atoms with Gasteiger partial charge in [0.25, 0.3) is 0 Å². The molecule has 3 saturated heterocycles. The highest BCUT2D eigenvalue weighted by Gasteiger charge is 2.74. The molecule has 1 aromatic rings. The van der Waals surface area contributed by atoms with Gasteiger partial charge in [0.15, 0.2) is 0 Å². The van der Waals surface area contributed by atoms with E-state index in [1.165, 1.54) is 4.90 Å². The Labute approximate surface area is 295 Å². The fourth-order valence-electron chi connectivity index (χ4n) is 8.35. The predicted octanol–water partition coefficient (Wildman–Crippen LogP) is 2.19. The van der Waals surface area contributed by atoms with Crippen LogP contribution in [-0.4, -0.2) is 138 Å². The summed E-state index contributed by atoms with van der Waals surface area (Å²) >= 11 is 0. The molecule has 0 unspecified atom stereocenters. The van der Waals surface area contributed by atoms with E-state index >= 15 is 0 Å². The highest BCUT2D eigenvalue weighted by molar-refractivity contribution is 5.99. The second-order valence-electron chi connectivity index (χ2n) is 14.7. The van der Waals surface area contributed by atoms with Crippen LogP contribution in [0.25, 0.3) is 0 Å². The van der Waals surface area contributed by atoms with Gasteiger partial charge in [-0.1, -0.05) is 68.5 Å². The number of rotatable bonds is 8. The lowest BCUT2D eigenvalue weighted by molar-refractivity contribution is -0.164. The molecule has 272 valence electrons. The molecule has 1 spiro atoms. The van der Waals surface area contributed by atoms with Gasteiger partial charge in [0.1, 0.15) is 23.7 Å². The number of likely N-dealkylation sites (tertiary alicyclic amines) is 1. The van der Waals surface area contributed by atoms with Crippen LogP contribution in [0, 0.1) is 17.8 Å². The number of morpholine rings is 1. The van der Waals surface area contributed by atoms with Crippen molar-refractivity contribution < 1.29 is 38.5 Å². The van der Waals surface area contributed by atoms with Gasteiger partial charge < -0.3 is 34.0 Å². The van der Waals surface area contributed by atoms with Crippen molar-refractivity contribution in [3.8, 4) is 0 Å². The molecule has 0 radical (unpaired) electrons. The summed E-state index contributed by atoms with van der Waals surface area (Å²) in [7, 11) is 1.71. The first-order valence-electron chi connectivity index (χ1n) is 18.1. The Balaban J connectivity index is 1.42. The Kier molecular flexibility index (Phi) is 11.1. The van der Waals surface area contributed by atoms with Gasteiger partial charge in [0.05, 0.1) is 43.9 Å². The first-order chi connectivity index (χ1) is 24.1. The van der Waals surface area contributed by atoms with Gasteiger partial charge in [-0.3, -0.25) is 24.1 Å². The van der Waals surface area contributed by atoms with E-state index in [4.69, 9.17) is 14.2 Å². The van der Waals surface area contributed by atoms with Gasteiger partial charge in [-0.2, -0.15) is 0 Å². The number of likely N-dealkylation sites (N-methyl/N-ethyl adjacent to an activating group) is 1. The van der Waals surface area contributed by atoms with Crippen LogP contribution in [0.15, 0.2) is 54.6 Å². The summed E-state index contributed by atoms with van der Waals surface area (Å²) in [6, 6.07) is 7.05. The molecule has 0 saturated carbocycles. The summed E-state index contributed by atoms with van der Waals surface area (Å²) in [5, 5.41) is 10.7. The zero-order valence-corrected chi connectivity index (χ0v) is 29.7. The quantitative estimate of drug-likeness (QED) is 0.322. The standard InChI is InChI=1S/C38H52N4O8/c1-25(2)23-28(24-43)42-34-36(46)41(18-17-40-19-21-48-22-20-40)16-10-6-9-13-30(44)39(4)26(3)33(27-11-7-5-8-12-27)49-37(47)31-29-14-15-38(34,50-29)32(31)35(42)45/h5-8,10-12,14-15,25-26,28-29,31-34,43H,9,13,16-24H2,1-4H3/b10-6-/t26-,28+,29+,31-,32-,33+,34+,38-/m0/s1. The molecule has 3 amide bonds. The summed E-state index contributed by atoms with van der Waals surface area (Å²) in [5.74, 6) is -3.30. The largest absolute Gasteiger partial charge is 0.455 e. The zero-order valence-electron chi connectivity index (χ0n) is 29.7. The number of carbonyl (C=O) groups excluding carboxylic acids is 4. The second kappa shape index (κ2) is 15.3. The molecule has 5 aliphatic rings. The third kappa shape index (κ3) is 6.87. The van der Waals surface area contributed by atoms with Gasteiger partial charge >= 0.3 is 5.97 Å². The van der Waals surface area contributed by atoms with Crippen molar-refractivity contribution >= 4 is 23.7 Å². The van der Waals surface area contributed by atoms with E-state index in [9.17, 15) is 24.3 Å². The SMILES string of the molecule is CC(C)C[C@H](CO)N1C(=O)[C@@H]2[C@H]3C(=O)O[C@@H](c4ccccc4)[C@H](C)N(C)C(=O)CC/C=C\CN(CCN4CCOCC4)C(=O)[C@@H]1[C@]21C=C[C@H]3O1. The summed E-state index contributed by atoms with van der Waals surface area (Å²) in [5.41, 5.74) is -0.677. The molecule has 50 heavy (non-hydrogen) atoms. The monoisotopic (exact) mass is 692 g/mol. The number of nitrogens with zero attached hydrogens (tertiary/aromatic N) is 4. The van der Waals surface area contributed by atoms with Gasteiger partial charge in [0, 0.05) is 46.2 Å². The van der Waals surface area contributed by atoms with Crippen molar-refractivity contribution in [2.24, 2.45) is 17.8 Å². The van der Waals surface area contributed by atoms with Crippen molar-refractivity contribution in [1.29, 1.82) is 0 Å². The minimum atomic E-state index is -1.40. The van der Waals surface area contributed by atoms with Gasteiger partial charge in [-0.25, -0.2) is 0 Å². The molecular formula is C38H52N4O8. The van der Waals surface area contributed by atoms with Crippen LogP contribution in [0.2, 0.25) is 0 Å². The van der Waals surface area contributed by atoms with Crippen molar-refractivity contribution in [2.45, 2.75) is 76.0 Å². The molecule has 8 atom stereocenters. The van der Waals surface area contributed by atoms with E-state index < -0.39 is 59.6 Å². The Bertz CT molecular complexity index is 1460. The number of esters is 1. The van der Waals surface area contributed by atoms with Crippen LogP contribution in [-0.2, 0) is 33.4 Å². The number of carbonyl (C=O) groups is 4. The van der Waals surface area contributed by atoms with Crippen molar-refractivity contribution in [2.75, 3.05) is 59.6 Å². The number of cyclic esters (lactones) is 1. The first kappa shape index (κ1) is 36.2. The third-order valence-electron chi connectivity index (χ3n) is 11.1. The minimum absolute atomic E-state index is 0.0982. The summed E-state index contributed by atoms with van der Waals surface area (Å²) in [4.78, 5) is 64.7. The molecule has 1 N–H and O–H groups in total. The lowest BCUT2D eigenvalue weighted by Gasteiger charge is -2.39. The Morgan fingerprint density at radius 2 is 1.74 bits per heavy atom. The van der Waals surface area contributed by atoms with Crippen LogP contribution in [0.3, 0.4) is 0 Å². The van der Waals surface area contributed by atoms with Gasteiger partial charge in [-0.05, 0) is 31.2 Å². The molecule has 0 aromatic heterocycles. The molecule has 0 aliphatic carbocycles. The molecule has 5 bridgehead atoms. The highest BCUT2D eigenvalue weighted by Crippen LogP contribution is 2.56. The van der Waals surface area contributed by atoms with Crippen LogP contribution < -0.4 is 0 Å². The first-order valence-corrected chi connectivity index (χ1v) is 18.1. The van der Waals surface area contributed by atoms with E-state index in [2.05, 4.69) is 4.90 Å². The van der Waals surface area contributed by atoms with Gasteiger partial charge in [-0.15, -0.1) is 0 Å². The number of ether oxygens (including phenoxy) is 3. The number of amides is 3. The van der Waals surface area contributed by atoms with Crippen molar-refractivity contribution in [3.63, 3.8) is 0 Å². The average molecular weight is 693 g/mol. The minimum Gasteiger partial charge on any atom is -0.455 e. The van der Waals surface area contributed by atoms with Crippen LogP contribution in [0.4, 0.5) is 0 Å². The molecule has 6 rings (SSSR count). The number of hydrogen-bond acceptors (Lipinski definition) is 9. The number of aliphatic hydroxyl groups is 1. The average Bonchev–Trinajstić information content (AvgIpc) is 3.77. The van der Waals surface area contributed by atoms with Crippen LogP contribution in [0.5, 0.6) is 0 Å². The van der Waals surface area contributed by atoms with Crippen molar-refractivity contribution in [1.82, 2.24) is 19.6 Å². The van der Waals surface area contributed by atoms with Crippen LogP contribution in [0.1, 0.15) is 51.7 Å². The molecule has 5 heterocycles. The lowest BCUT2D eigenvalue weighted by Crippen LogP contribution is -2.59. The van der Waals surface area contributed by atoms with Crippen molar-refractivity contribution in [3.05, 3.63) is 60.2 Å². The smallest absolute Gasteiger partial charge is 0.313 e. The number of hydrogen-bond donors (Lipinski definition) is 1. The topological polar surface area (TPSA) is 129 Å². The maximum Gasteiger partial charge on any atom is 0.313 e. The normalized spacial score (nSPS) is 33.7. The molecule has 5 aliphatic heterocycles. The number of aliphatic hydroxyl groups excluding tert-OH is 1. The fraction of sp³-hybridized carbons (Fsp3) is 0.632. The lowest BCUT2D eigenvalue weighted by atomic mass is 9.74. The van der Waals surface area contributed by atoms with E-state index in [-0.39, 0.29) is 37.3 Å². The van der Waals surface area contributed by atoms with E-state index in [0.29, 0.717) is 39.1 Å². The second-order valence-corrected chi connectivity index (χ2v) is 14.7. The fourth-order valence-corrected chi connectivity index (χ4v) is 8.35. The van der Waals surface area contributed by atoms with E-state index in [1.807, 2.05) is 63.3 Å². The highest BCUT2D eigenvalue weighted by atomic mass is 16.6. The number of allylic oxidation sites excluding steroid dienone is 1. The predicted molar refractivity (Wildman–Crippen MR) is 184 cm³/mol. The molecular weight excluding hydrogens is 640 g/mol. The Hall–Kier alpha value is -3.58. The van der Waals surface area contributed by atoms with Crippen LogP contribution >= 0.6 is 0 Å². The Morgan fingerprint density at radius 3 is 2.44 bits per heavy atom. The molecule has 12 nitrogen and oxygen atoms in total. The number of benzene rings is 1. The maximum absolute atomic E-state index is 15.0. The summed E-state index contributed by atoms with van der Waals surface area (Å²) in [6.07, 6.45) is 7.01. The molecule has 1 aromatic carbocycles. The van der Waals surface area contributed by atoms with E-state index in [1.54, 1.807) is 29.0 Å². The third-order valence-corrected chi connectivity index (χ3v) is 11.1. The van der Waals surface area contributed by atoms with Gasteiger partial charge in [0.2, 0.25) is 17.7 Å². The number of fused-ring (bicyclic) bond motifs is 2. The maximum atomic E-state index is 15.0. The molecule has 12 heteroatoms. The zero-order chi connectivity index (χ0) is 35.6. The molecule has 3 fully saturated rings. The summed E-state index contributed by atoms with van der Waals surface area (Å²) < 4.78 is 18.5. The Morgan fingerprint density at radius 1 is 1.00 bits per heavy atom.